The Labute approximate surface area is 88.8 Å². The van der Waals surface area contributed by atoms with Gasteiger partial charge in [0.25, 0.3) is 6.43 Å². The van der Waals surface area contributed by atoms with Gasteiger partial charge in [-0.2, -0.15) is 0 Å². The summed E-state index contributed by atoms with van der Waals surface area (Å²) in [7, 11) is 0. The molecule has 0 amide bonds. The Kier molecular flexibility index (Phi) is 3.25. The van der Waals surface area contributed by atoms with Crippen molar-refractivity contribution in [1.29, 1.82) is 0 Å². The molecule has 0 aliphatic rings. The molecule has 1 rings (SSSR count). The number of hydrogen-bond donors (Lipinski definition) is 1. The second kappa shape index (κ2) is 3.98. The van der Waals surface area contributed by atoms with E-state index >= 15 is 0 Å². The molecule has 0 saturated heterocycles. The molecular weight excluding hydrogens is 234 g/mol. The third kappa shape index (κ3) is 2.08. The number of halogens is 5. The Morgan fingerprint density at radius 3 is 2.33 bits per heavy atom. The lowest BCUT2D eigenvalue weighted by Gasteiger charge is -2.24. The summed E-state index contributed by atoms with van der Waals surface area (Å²) in [6, 6.07) is 1.66. The summed E-state index contributed by atoms with van der Waals surface area (Å²) in [5.74, 6) is -2.26. The molecule has 15 heavy (non-hydrogen) atoms. The van der Waals surface area contributed by atoms with Crippen LogP contribution in [0.4, 0.5) is 17.6 Å². The Morgan fingerprint density at radius 1 is 1.33 bits per heavy atom. The smallest absolute Gasteiger partial charge is 0.260 e. The molecule has 1 unspecified atom stereocenters. The van der Waals surface area contributed by atoms with Gasteiger partial charge in [0, 0.05) is 5.56 Å². The molecule has 2 N–H and O–H groups in total. The fraction of sp³-hybridized carbons (Fsp3) is 0.333. The summed E-state index contributed by atoms with van der Waals surface area (Å²) in [5, 5.41) is -0.829. The zero-order chi connectivity index (χ0) is 11.8. The van der Waals surface area contributed by atoms with Gasteiger partial charge in [-0.15, -0.1) is 0 Å². The van der Waals surface area contributed by atoms with Gasteiger partial charge in [-0.05, 0) is 13.0 Å². The van der Waals surface area contributed by atoms with E-state index in [1.54, 1.807) is 0 Å². The summed E-state index contributed by atoms with van der Waals surface area (Å²) >= 11 is 5.24. The number of alkyl halides is 2. The van der Waals surface area contributed by atoms with Crippen molar-refractivity contribution < 1.29 is 17.6 Å². The van der Waals surface area contributed by atoms with Crippen LogP contribution in [0, 0.1) is 11.6 Å². The highest BCUT2D eigenvalue weighted by Crippen LogP contribution is 2.31. The maximum absolute atomic E-state index is 13.3. The third-order valence-electron chi connectivity index (χ3n) is 2.07. The van der Waals surface area contributed by atoms with E-state index in [1.807, 2.05) is 0 Å². The molecule has 84 valence electrons. The first-order chi connectivity index (χ1) is 6.78. The summed E-state index contributed by atoms with van der Waals surface area (Å²) in [6.07, 6.45) is -2.98. The molecule has 0 heterocycles. The molecule has 1 atom stereocenters. The molecule has 0 bridgehead atoms. The van der Waals surface area contributed by atoms with Gasteiger partial charge in [0.2, 0.25) is 0 Å². The van der Waals surface area contributed by atoms with Crippen LogP contribution in [-0.2, 0) is 5.54 Å². The highest BCUT2D eigenvalue weighted by atomic mass is 35.5. The van der Waals surface area contributed by atoms with Crippen molar-refractivity contribution in [3.63, 3.8) is 0 Å². The average Bonchev–Trinajstić information content (AvgIpc) is 2.13. The second-order valence-corrected chi connectivity index (χ2v) is 3.68. The van der Waals surface area contributed by atoms with Gasteiger partial charge < -0.3 is 5.73 Å². The summed E-state index contributed by atoms with van der Waals surface area (Å²) in [5.41, 5.74) is 2.53. The van der Waals surface area contributed by atoms with E-state index in [0.29, 0.717) is 0 Å². The van der Waals surface area contributed by atoms with E-state index in [2.05, 4.69) is 0 Å². The van der Waals surface area contributed by atoms with Crippen molar-refractivity contribution >= 4 is 11.6 Å². The Balaban J connectivity index is 3.34. The minimum Gasteiger partial charge on any atom is -0.317 e. The molecule has 0 radical (unpaired) electrons. The van der Waals surface area contributed by atoms with Crippen LogP contribution in [0.25, 0.3) is 0 Å². The first-order valence-electron chi connectivity index (χ1n) is 3.99. The van der Waals surface area contributed by atoms with Crippen molar-refractivity contribution in [2.45, 2.75) is 18.9 Å². The van der Waals surface area contributed by atoms with Crippen LogP contribution in [-0.4, -0.2) is 6.43 Å². The van der Waals surface area contributed by atoms with Gasteiger partial charge in [-0.3, -0.25) is 0 Å². The number of nitrogens with two attached hydrogens (primary N) is 1. The van der Waals surface area contributed by atoms with E-state index in [-0.39, 0.29) is 0 Å². The monoisotopic (exact) mass is 241 g/mol. The van der Waals surface area contributed by atoms with Gasteiger partial charge in [0.15, 0.2) is 0 Å². The van der Waals surface area contributed by atoms with Crippen LogP contribution in [0.3, 0.4) is 0 Å². The lowest BCUT2D eigenvalue weighted by atomic mass is 9.93. The first-order valence-corrected chi connectivity index (χ1v) is 4.37. The van der Waals surface area contributed by atoms with E-state index in [9.17, 15) is 17.6 Å². The highest BCUT2D eigenvalue weighted by molar-refractivity contribution is 6.31. The van der Waals surface area contributed by atoms with Gasteiger partial charge in [-0.25, -0.2) is 17.6 Å². The van der Waals surface area contributed by atoms with Gasteiger partial charge >= 0.3 is 0 Å². The van der Waals surface area contributed by atoms with Crippen LogP contribution in [0.15, 0.2) is 12.1 Å². The van der Waals surface area contributed by atoms with Gasteiger partial charge in [-0.1, -0.05) is 17.7 Å². The second-order valence-electron chi connectivity index (χ2n) is 3.31. The zero-order valence-corrected chi connectivity index (χ0v) is 8.46. The Morgan fingerprint density at radius 2 is 1.87 bits per heavy atom. The maximum Gasteiger partial charge on any atom is 0.260 e. The third-order valence-corrected chi connectivity index (χ3v) is 2.42. The molecule has 1 aromatic carbocycles. The Hall–Kier alpha value is -0.810. The predicted octanol–water partition coefficient (Wildman–Crippen LogP) is 3.06. The van der Waals surface area contributed by atoms with E-state index in [4.69, 9.17) is 17.3 Å². The quantitative estimate of drug-likeness (QED) is 0.625. The van der Waals surface area contributed by atoms with Crippen molar-refractivity contribution in [2.24, 2.45) is 5.73 Å². The lowest BCUT2D eigenvalue weighted by Crippen LogP contribution is -2.41. The van der Waals surface area contributed by atoms with Crippen molar-refractivity contribution in [3.05, 3.63) is 34.4 Å². The molecule has 1 aromatic rings. The highest BCUT2D eigenvalue weighted by Gasteiger charge is 2.36. The van der Waals surface area contributed by atoms with E-state index in [1.165, 1.54) is 0 Å². The minimum atomic E-state index is -2.98. The predicted molar refractivity (Wildman–Crippen MR) is 48.9 cm³/mol. The normalized spacial score (nSPS) is 15.5. The molecule has 0 fully saturated rings. The van der Waals surface area contributed by atoms with Crippen LogP contribution in [0.5, 0.6) is 0 Å². The van der Waals surface area contributed by atoms with Crippen LogP contribution in [0.2, 0.25) is 5.02 Å². The van der Waals surface area contributed by atoms with Crippen molar-refractivity contribution in [3.8, 4) is 0 Å². The molecular formula is C9H8ClF4N. The Bertz CT molecular complexity index is 379. The molecule has 0 aliphatic heterocycles. The molecule has 6 heteroatoms. The average molecular weight is 242 g/mol. The van der Waals surface area contributed by atoms with Crippen molar-refractivity contribution in [1.82, 2.24) is 0 Å². The maximum atomic E-state index is 13.3. The van der Waals surface area contributed by atoms with Crippen LogP contribution in [0.1, 0.15) is 12.5 Å². The lowest BCUT2D eigenvalue weighted by molar-refractivity contribution is 0.0604. The summed E-state index contributed by atoms with van der Waals surface area (Å²) in [6.45, 7) is 0.949. The molecule has 0 spiro atoms. The zero-order valence-electron chi connectivity index (χ0n) is 7.70. The van der Waals surface area contributed by atoms with Crippen molar-refractivity contribution in [2.75, 3.05) is 0 Å². The number of hydrogen-bond acceptors (Lipinski definition) is 1. The van der Waals surface area contributed by atoms with E-state index in [0.717, 1.165) is 19.1 Å². The number of benzene rings is 1. The summed E-state index contributed by atoms with van der Waals surface area (Å²) in [4.78, 5) is 0. The first kappa shape index (κ1) is 12.3. The molecule has 0 saturated carbocycles. The fourth-order valence-electron chi connectivity index (χ4n) is 1.06. The molecule has 0 aliphatic carbocycles. The molecule has 1 nitrogen and oxygen atoms in total. The molecule has 0 aromatic heterocycles. The largest absolute Gasteiger partial charge is 0.317 e. The van der Waals surface area contributed by atoms with Crippen LogP contribution >= 0.6 is 11.6 Å². The van der Waals surface area contributed by atoms with Gasteiger partial charge in [0.1, 0.15) is 22.2 Å². The standard InChI is InChI=1S/C9H8ClF4N/c1-9(15,8(13)14)4-2-3-5(11)6(10)7(4)12/h2-3,8H,15H2,1H3. The SMILES string of the molecule is CC(N)(c1ccc(F)c(Cl)c1F)C(F)F. The van der Waals surface area contributed by atoms with Gasteiger partial charge in [0.05, 0.1) is 0 Å². The fourth-order valence-corrected chi connectivity index (χ4v) is 1.22. The topological polar surface area (TPSA) is 26.0 Å². The van der Waals surface area contributed by atoms with E-state index < -0.39 is 34.2 Å². The van der Waals surface area contributed by atoms with Crippen LogP contribution < -0.4 is 5.73 Å². The summed E-state index contributed by atoms with van der Waals surface area (Å²) < 4.78 is 51.0. The minimum absolute atomic E-state index is 0.510. The number of rotatable bonds is 2.